The van der Waals surface area contributed by atoms with Crippen LogP contribution in [0.25, 0.3) is 0 Å². The van der Waals surface area contributed by atoms with Crippen LogP contribution < -0.4 is 10.6 Å². The zero-order chi connectivity index (χ0) is 13.1. The van der Waals surface area contributed by atoms with Crippen molar-refractivity contribution in [2.45, 2.75) is 12.8 Å². The van der Waals surface area contributed by atoms with E-state index < -0.39 is 4.92 Å². The molecule has 0 aliphatic carbocycles. The minimum Gasteiger partial charge on any atom is -0.398 e. The number of nitrogen functional groups attached to an aromatic ring is 1. The van der Waals surface area contributed by atoms with Gasteiger partial charge in [0, 0.05) is 43.2 Å². The fourth-order valence-corrected chi connectivity index (χ4v) is 2.28. The fourth-order valence-electron chi connectivity index (χ4n) is 2.28. The molecule has 0 saturated carbocycles. The molecule has 6 nitrogen and oxygen atoms in total. The molecule has 1 saturated heterocycles. The number of non-ortho nitro benzene ring substituents is 1. The zero-order valence-electron chi connectivity index (χ0n) is 10.1. The fraction of sp³-hybridized carbons (Fsp3) is 0.500. The second-order valence-corrected chi connectivity index (χ2v) is 4.65. The number of aliphatic hydroxyl groups excluding tert-OH is 1. The van der Waals surface area contributed by atoms with Gasteiger partial charge in [-0.05, 0) is 24.8 Å². The van der Waals surface area contributed by atoms with Gasteiger partial charge >= 0.3 is 0 Å². The molecule has 3 N–H and O–H groups in total. The maximum atomic E-state index is 10.8. The van der Waals surface area contributed by atoms with Crippen molar-refractivity contribution in [3.05, 3.63) is 28.3 Å². The number of piperidine rings is 1. The second-order valence-electron chi connectivity index (χ2n) is 4.65. The normalized spacial score (nSPS) is 16.8. The highest BCUT2D eigenvalue weighted by Gasteiger charge is 2.20. The van der Waals surface area contributed by atoms with Crippen molar-refractivity contribution < 1.29 is 10.0 Å². The number of nitrogens with zero attached hydrogens (tertiary/aromatic N) is 2. The van der Waals surface area contributed by atoms with Crippen molar-refractivity contribution in [1.82, 2.24) is 0 Å². The summed E-state index contributed by atoms with van der Waals surface area (Å²) in [6.07, 6.45) is 1.80. The highest BCUT2D eigenvalue weighted by atomic mass is 16.6. The predicted molar refractivity (Wildman–Crippen MR) is 69.5 cm³/mol. The molecule has 6 heteroatoms. The van der Waals surface area contributed by atoms with E-state index in [4.69, 9.17) is 10.8 Å². The number of rotatable bonds is 3. The smallest absolute Gasteiger partial charge is 0.273 e. The van der Waals surface area contributed by atoms with Crippen LogP contribution in [0.4, 0.5) is 17.1 Å². The van der Waals surface area contributed by atoms with Crippen LogP contribution in [0, 0.1) is 16.0 Å². The van der Waals surface area contributed by atoms with Crippen LogP contribution >= 0.6 is 0 Å². The Balaban J connectivity index is 2.16. The van der Waals surface area contributed by atoms with E-state index in [-0.39, 0.29) is 12.3 Å². The molecule has 0 unspecified atom stereocenters. The molecule has 2 rings (SSSR count). The van der Waals surface area contributed by atoms with Gasteiger partial charge in [0.15, 0.2) is 0 Å². The van der Waals surface area contributed by atoms with Crippen molar-refractivity contribution in [2.75, 3.05) is 30.3 Å². The Morgan fingerprint density at radius 3 is 2.61 bits per heavy atom. The van der Waals surface area contributed by atoms with E-state index in [9.17, 15) is 10.1 Å². The van der Waals surface area contributed by atoms with Crippen molar-refractivity contribution in [3.8, 4) is 0 Å². The average molecular weight is 251 g/mol. The van der Waals surface area contributed by atoms with Gasteiger partial charge in [-0.1, -0.05) is 0 Å². The van der Waals surface area contributed by atoms with E-state index in [1.165, 1.54) is 6.07 Å². The van der Waals surface area contributed by atoms with Crippen LogP contribution in [0.5, 0.6) is 0 Å². The quantitative estimate of drug-likeness (QED) is 0.481. The van der Waals surface area contributed by atoms with Gasteiger partial charge in [0.25, 0.3) is 5.69 Å². The summed E-state index contributed by atoms with van der Waals surface area (Å²) in [5.41, 5.74) is 6.90. The molecule has 0 bridgehead atoms. The van der Waals surface area contributed by atoms with Gasteiger partial charge in [-0.25, -0.2) is 0 Å². The lowest BCUT2D eigenvalue weighted by molar-refractivity contribution is -0.384. The van der Waals surface area contributed by atoms with Crippen molar-refractivity contribution in [1.29, 1.82) is 0 Å². The topological polar surface area (TPSA) is 92.6 Å². The Hall–Kier alpha value is -1.82. The van der Waals surface area contributed by atoms with Crippen LogP contribution in [0.3, 0.4) is 0 Å². The Labute approximate surface area is 105 Å². The largest absolute Gasteiger partial charge is 0.398 e. The first-order valence-electron chi connectivity index (χ1n) is 6.01. The highest BCUT2D eigenvalue weighted by Crippen LogP contribution is 2.28. The standard InChI is InChI=1S/C12H17N3O3/c13-10-5-11(7-12(6-10)15(17)18)14-3-1-9(8-16)2-4-14/h5-7,9,16H,1-4,8,13H2. The van der Waals surface area contributed by atoms with Crippen molar-refractivity contribution in [2.24, 2.45) is 5.92 Å². The molecule has 0 atom stereocenters. The molecule has 98 valence electrons. The summed E-state index contributed by atoms with van der Waals surface area (Å²) in [5.74, 6) is 0.345. The summed E-state index contributed by atoms with van der Waals surface area (Å²) < 4.78 is 0. The monoisotopic (exact) mass is 251 g/mol. The van der Waals surface area contributed by atoms with Gasteiger partial charge < -0.3 is 15.7 Å². The van der Waals surface area contributed by atoms with Gasteiger partial charge in [0.1, 0.15) is 0 Å². The van der Waals surface area contributed by atoms with Gasteiger partial charge in [-0.15, -0.1) is 0 Å². The third-order valence-electron chi connectivity index (χ3n) is 3.37. The molecule has 1 heterocycles. The molecule has 1 aromatic carbocycles. The summed E-state index contributed by atoms with van der Waals surface area (Å²) in [4.78, 5) is 12.4. The Bertz CT molecular complexity index is 442. The lowest BCUT2D eigenvalue weighted by Gasteiger charge is -2.32. The molecular weight excluding hydrogens is 234 g/mol. The van der Waals surface area contributed by atoms with E-state index in [0.717, 1.165) is 31.6 Å². The molecule has 18 heavy (non-hydrogen) atoms. The van der Waals surface area contributed by atoms with Crippen LogP contribution in [0.2, 0.25) is 0 Å². The van der Waals surface area contributed by atoms with Crippen LogP contribution in [0.1, 0.15) is 12.8 Å². The van der Waals surface area contributed by atoms with Gasteiger partial charge in [-0.2, -0.15) is 0 Å². The minimum absolute atomic E-state index is 0.0225. The van der Waals surface area contributed by atoms with Gasteiger partial charge in [0.2, 0.25) is 0 Å². The third-order valence-corrected chi connectivity index (χ3v) is 3.37. The Morgan fingerprint density at radius 1 is 1.39 bits per heavy atom. The predicted octanol–water partition coefficient (Wildman–Crippen LogP) is 1.39. The number of nitro benzene ring substituents is 1. The van der Waals surface area contributed by atoms with Gasteiger partial charge in [-0.3, -0.25) is 10.1 Å². The first-order chi connectivity index (χ1) is 8.60. The van der Waals surface area contributed by atoms with Crippen molar-refractivity contribution >= 4 is 17.1 Å². The molecule has 1 aliphatic rings. The van der Waals surface area contributed by atoms with Crippen molar-refractivity contribution in [3.63, 3.8) is 0 Å². The number of anilines is 2. The first kappa shape index (κ1) is 12.6. The first-order valence-corrected chi connectivity index (χ1v) is 6.01. The van der Waals surface area contributed by atoms with E-state index in [0.29, 0.717) is 11.6 Å². The zero-order valence-corrected chi connectivity index (χ0v) is 10.1. The minimum atomic E-state index is -0.430. The summed E-state index contributed by atoms with van der Waals surface area (Å²) in [6, 6.07) is 4.67. The lowest BCUT2D eigenvalue weighted by atomic mass is 9.97. The number of aliphatic hydroxyl groups is 1. The highest BCUT2D eigenvalue weighted by molar-refractivity contribution is 5.62. The second kappa shape index (κ2) is 5.22. The van der Waals surface area contributed by atoms with E-state index in [2.05, 4.69) is 4.90 Å². The average Bonchev–Trinajstić information content (AvgIpc) is 2.38. The summed E-state index contributed by atoms with van der Waals surface area (Å²) in [5, 5.41) is 19.9. The van der Waals surface area contributed by atoms with E-state index in [1.54, 1.807) is 12.1 Å². The summed E-state index contributed by atoms with van der Waals surface area (Å²) in [6.45, 7) is 1.81. The van der Waals surface area contributed by atoms with E-state index >= 15 is 0 Å². The number of hydrogen-bond donors (Lipinski definition) is 2. The number of nitrogens with two attached hydrogens (primary N) is 1. The molecule has 0 radical (unpaired) electrons. The van der Waals surface area contributed by atoms with Crippen LogP contribution in [0.15, 0.2) is 18.2 Å². The summed E-state index contributed by atoms with van der Waals surface area (Å²) >= 11 is 0. The Morgan fingerprint density at radius 2 is 2.06 bits per heavy atom. The van der Waals surface area contributed by atoms with Crippen LogP contribution in [-0.4, -0.2) is 29.7 Å². The summed E-state index contributed by atoms with van der Waals surface area (Å²) in [7, 11) is 0. The van der Waals surface area contributed by atoms with E-state index in [1.807, 2.05) is 0 Å². The molecular formula is C12H17N3O3. The molecule has 0 spiro atoms. The molecule has 0 aromatic heterocycles. The number of hydrogen-bond acceptors (Lipinski definition) is 5. The van der Waals surface area contributed by atoms with Gasteiger partial charge in [0.05, 0.1) is 4.92 Å². The molecule has 0 amide bonds. The lowest BCUT2D eigenvalue weighted by Crippen LogP contribution is -2.34. The SMILES string of the molecule is Nc1cc(N2CCC(CO)CC2)cc([N+](=O)[O-])c1. The molecule has 1 aliphatic heterocycles. The van der Waals surface area contributed by atoms with Crippen LogP contribution in [-0.2, 0) is 0 Å². The molecule has 1 aromatic rings. The number of benzene rings is 1. The maximum Gasteiger partial charge on any atom is 0.273 e. The molecule has 1 fully saturated rings. The Kier molecular flexibility index (Phi) is 3.66. The number of nitro groups is 1. The third kappa shape index (κ3) is 2.70. The maximum absolute atomic E-state index is 10.8.